The average Bonchev–Trinajstić information content (AvgIpc) is 2.50. The molecule has 0 radical (unpaired) electrons. The predicted molar refractivity (Wildman–Crippen MR) is 81.0 cm³/mol. The van der Waals surface area contributed by atoms with Crippen LogP contribution in [0.2, 0.25) is 5.02 Å². The second-order valence-electron chi connectivity index (χ2n) is 5.31. The minimum Gasteiger partial charge on any atom is -0.471 e. The monoisotopic (exact) mass is 356 g/mol. The van der Waals surface area contributed by atoms with Crippen molar-refractivity contribution in [3.05, 3.63) is 58.7 Å². The van der Waals surface area contributed by atoms with Gasteiger partial charge in [0.15, 0.2) is 0 Å². The molecule has 2 heterocycles. The van der Waals surface area contributed by atoms with E-state index in [0.717, 1.165) is 18.3 Å². The first-order valence-corrected chi connectivity index (χ1v) is 7.46. The van der Waals surface area contributed by atoms with E-state index in [1.165, 1.54) is 4.90 Å². The fourth-order valence-electron chi connectivity index (χ4n) is 2.30. The maximum atomic E-state index is 12.6. The third kappa shape index (κ3) is 3.46. The number of amides is 1. The van der Waals surface area contributed by atoms with Gasteiger partial charge in [0.2, 0.25) is 5.88 Å². The Morgan fingerprint density at radius 2 is 1.96 bits per heavy atom. The number of carbonyl (C=O) groups is 1. The highest BCUT2D eigenvalue weighted by Crippen LogP contribution is 2.31. The van der Waals surface area contributed by atoms with E-state index in [2.05, 4.69) is 4.98 Å². The van der Waals surface area contributed by atoms with Crippen molar-refractivity contribution in [2.45, 2.75) is 12.3 Å². The number of rotatable bonds is 3. The fourth-order valence-corrected chi connectivity index (χ4v) is 2.52. The summed E-state index contributed by atoms with van der Waals surface area (Å²) in [4.78, 5) is 17.5. The number of ether oxygens (including phenoxy) is 1. The minimum absolute atomic E-state index is 0.111. The van der Waals surface area contributed by atoms with Gasteiger partial charge in [-0.05, 0) is 18.2 Å². The Kier molecular flexibility index (Phi) is 4.36. The van der Waals surface area contributed by atoms with Crippen molar-refractivity contribution >= 4 is 17.5 Å². The number of carbonyl (C=O) groups excluding carboxylic acids is 1. The molecule has 2 aromatic rings. The number of benzene rings is 1. The highest BCUT2D eigenvalue weighted by Gasteiger charge is 2.35. The predicted octanol–water partition coefficient (Wildman–Crippen LogP) is 3.66. The highest BCUT2D eigenvalue weighted by atomic mass is 35.5. The summed E-state index contributed by atoms with van der Waals surface area (Å²) in [6.45, 7) is 0.532. The molecule has 0 unspecified atom stereocenters. The number of aromatic nitrogens is 1. The van der Waals surface area contributed by atoms with Crippen LogP contribution in [-0.4, -0.2) is 35.0 Å². The van der Waals surface area contributed by atoms with E-state index < -0.39 is 17.8 Å². The van der Waals surface area contributed by atoms with Crippen molar-refractivity contribution in [1.29, 1.82) is 0 Å². The van der Waals surface area contributed by atoms with E-state index >= 15 is 0 Å². The highest BCUT2D eigenvalue weighted by molar-refractivity contribution is 6.33. The van der Waals surface area contributed by atoms with E-state index in [0.29, 0.717) is 10.6 Å². The molecule has 8 heteroatoms. The molecule has 0 bridgehead atoms. The van der Waals surface area contributed by atoms with E-state index in [9.17, 15) is 18.0 Å². The number of alkyl halides is 3. The van der Waals surface area contributed by atoms with Crippen LogP contribution < -0.4 is 4.74 Å². The molecule has 1 saturated heterocycles. The largest absolute Gasteiger partial charge is 0.471 e. The zero-order chi connectivity index (χ0) is 17.3. The summed E-state index contributed by atoms with van der Waals surface area (Å²) in [6.07, 6.45) is -3.80. The first kappa shape index (κ1) is 16.6. The molecular formula is C16H12ClF3N2O2. The van der Waals surface area contributed by atoms with Crippen molar-refractivity contribution < 1.29 is 22.7 Å². The second kappa shape index (κ2) is 6.32. The Morgan fingerprint density at radius 3 is 2.62 bits per heavy atom. The van der Waals surface area contributed by atoms with Crippen LogP contribution in [0.25, 0.3) is 0 Å². The maximum Gasteiger partial charge on any atom is 0.416 e. The van der Waals surface area contributed by atoms with Gasteiger partial charge in [-0.2, -0.15) is 13.2 Å². The van der Waals surface area contributed by atoms with Gasteiger partial charge >= 0.3 is 6.18 Å². The molecule has 1 aliphatic rings. The van der Waals surface area contributed by atoms with Crippen LogP contribution in [0.15, 0.2) is 42.6 Å². The molecule has 4 nitrogen and oxygen atoms in total. The molecular weight excluding hydrogens is 345 g/mol. The number of pyridine rings is 1. The topological polar surface area (TPSA) is 42.4 Å². The van der Waals surface area contributed by atoms with Crippen molar-refractivity contribution in [3.8, 4) is 5.88 Å². The van der Waals surface area contributed by atoms with Gasteiger partial charge in [-0.25, -0.2) is 4.98 Å². The number of likely N-dealkylation sites (tertiary alicyclic amines) is 1. The lowest BCUT2D eigenvalue weighted by Gasteiger charge is -2.38. The maximum absolute atomic E-state index is 12.6. The third-order valence-electron chi connectivity index (χ3n) is 3.59. The molecule has 1 aliphatic heterocycles. The van der Waals surface area contributed by atoms with Crippen LogP contribution in [-0.2, 0) is 6.18 Å². The number of halogens is 4. The zero-order valence-electron chi connectivity index (χ0n) is 12.3. The quantitative estimate of drug-likeness (QED) is 0.843. The van der Waals surface area contributed by atoms with Gasteiger partial charge in [-0.15, -0.1) is 0 Å². The number of hydrogen-bond acceptors (Lipinski definition) is 3. The van der Waals surface area contributed by atoms with Crippen molar-refractivity contribution in [1.82, 2.24) is 9.88 Å². The van der Waals surface area contributed by atoms with Crippen LogP contribution >= 0.6 is 11.6 Å². The summed E-state index contributed by atoms with van der Waals surface area (Å²) < 4.78 is 43.3. The first-order valence-electron chi connectivity index (χ1n) is 7.08. The smallest absolute Gasteiger partial charge is 0.416 e. The number of hydrogen-bond donors (Lipinski definition) is 0. The van der Waals surface area contributed by atoms with Gasteiger partial charge in [0.05, 0.1) is 29.2 Å². The normalized spacial score (nSPS) is 15.1. The molecule has 1 aromatic carbocycles. The molecule has 126 valence electrons. The Labute approximate surface area is 140 Å². The molecule has 1 amide bonds. The Bertz CT molecular complexity index is 761. The SMILES string of the molecule is O=C(c1ccccc1Cl)N1CC(Oc2cc(C(F)(F)F)ccn2)C1. The Hall–Kier alpha value is -2.28. The van der Waals surface area contributed by atoms with Crippen LogP contribution in [0.3, 0.4) is 0 Å². The summed E-state index contributed by atoms with van der Waals surface area (Å²) in [5.74, 6) is -0.350. The molecule has 1 fully saturated rings. The van der Waals surface area contributed by atoms with Crippen LogP contribution in [0.1, 0.15) is 15.9 Å². The van der Waals surface area contributed by atoms with Gasteiger partial charge in [0, 0.05) is 12.3 Å². The van der Waals surface area contributed by atoms with E-state index in [-0.39, 0.29) is 24.9 Å². The summed E-state index contributed by atoms with van der Waals surface area (Å²) in [5, 5.41) is 0.353. The van der Waals surface area contributed by atoms with Crippen molar-refractivity contribution in [2.24, 2.45) is 0 Å². The lowest BCUT2D eigenvalue weighted by Crippen LogP contribution is -2.56. The van der Waals surface area contributed by atoms with Crippen LogP contribution in [0.4, 0.5) is 13.2 Å². The summed E-state index contributed by atoms with van der Waals surface area (Å²) in [6, 6.07) is 8.39. The van der Waals surface area contributed by atoms with Gasteiger partial charge in [0.1, 0.15) is 6.10 Å². The molecule has 24 heavy (non-hydrogen) atoms. The number of nitrogens with zero attached hydrogens (tertiary/aromatic N) is 2. The lowest BCUT2D eigenvalue weighted by atomic mass is 10.1. The zero-order valence-corrected chi connectivity index (χ0v) is 13.0. The molecule has 0 atom stereocenters. The summed E-state index contributed by atoms with van der Waals surface area (Å²) in [5.41, 5.74) is -0.439. The minimum atomic E-state index is -4.45. The molecule has 0 spiro atoms. The van der Waals surface area contributed by atoms with Crippen molar-refractivity contribution in [2.75, 3.05) is 13.1 Å². The van der Waals surface area contributed by atoms with Crippen LogP contribution in [0, 0.1) is 0 Å². The molecule has 3 rings (SSSR count). The second-order valence-corrected chi connectivity index (χ2v) is 5.72. The van der Waals surface area contributed by atoms with Gasteiger partial charge < -0.3 is 9.64 Å². The lowest BCUT2D eigenvalue weighted by molar-refractivity contribution is -0.137. The third-order valence-corrected chi connectivity index (χ3v) is 3.92. The van der Waals surface area contributed by atoms with E-state index in [4.69, 9.17) is 16.3 Å². The molecule has 0 saturated carbocycles. The van der Waals surface area contributed by atoms with Crippen molar-refractivity contribution in [3.63, 3.8) is 0 Å². The summed E-state index contributed by atoms with van der Waals surface area (Å²) in [7, 11) is 0. The van der Waals surface area contributed by atoms with E-state index in [1.54, 1.807) is 24.3 Å². The molecule has 1 aromatic heterocycles. The Morgan fingerprint density at radius 1 is 1.25 bits per heavy atom. The van der Waals surface area contributed by atoms with Gasteiger partial charge in [-0.3, -0.25) is 4.79 Å². The summed E-state index contributed by atoms with van der Waals surface area (Å²) >= 11 is 5.98. The molecule has 0 aliphatic carbocycles. The van der Waals surface area contributed by atoms with Gasteiger partial charge in [0.25, 0.3) is 5.91 Å². The Balaban J connectivity index is 1.60. The molecule has 0 N–H and O–H groups in total. The fraction of sp³-hybridized carbons (Fsp3) is 0.250. The first-order chi connectivity index (χ1) is 11.3. The van der Waals surface area contributed by atoms with Crippen LogP contribution in [0.5, 0.6) is 5.88 Å². The standard InChI is InChI=1S/C16H12ClF3N2O2/c17-13-4-2-1-3-12(13)15(23)22-8-11(9-22)24-14-7-10(5-6-21-14)16(18,19)20/h1-7,11H,8-9H2. The van der Waals surface area contributed by atoms with Gasteiger partial charge in [-0.1, -0.05) is 23.7 Å². The average molecular weight is 357 g/mol. The van der Waals surface area contributed by atoms with E-state index in [1.807, 2.05) is 0 Å².